The normalized spacial score (nSPS) is 16.7. The zero-order valence-electron chi connectivity index (χ0n) is 17.1. The third kappa shape index (κ3) is 5.20. The Labute approximate surface area is 187 Å². The number of anilines is 1. The molecule has 9 heteroatoms. The van der Waals surface area contributed by atoms with Gasteiger partial charge in [-0.05, 0) is 43.5 Å². The molecule has 0 saturated carbocycles. The number of nitrogens with zero attached hydrogens (tertiary/aromatic N) is 2. The number of hydrogen-bond acceptors (Lipinski definition) is 6. The molecule has 2 heterocycles. The number of halogens is 1. The first-order valence-electron chi connectivity index (χ1n) is 10.1. The van der Waals surface area contributed by atoms with Gasteiger partial charge in [0.2, 0.25) is 0 Å². The Morgan fingerprint density at radius 3 is 2.55 bits per heavy atom. The largest absolute Gasteiger partial charge is 0.489 e. The van der Waals surface area contributed by atoms with E-state index in [0.717, 1.165) is 25.9 Å². The first kappa shape index (κ1) is 21.7. The van der Waals surface area contributed by atoms with Crippen molar-refractivity contribution < 1.29 is 17.7 Å². The molecule has 164 valence electrons. The van der Waals surface area contributed by atoms with E-state index < -0.39 is 10.0 Å². The molecule has 1 saturated heterocycles. The number of sulfonamides is 1. The Kier molecular flexibility index (Phi) is 6.50. The number of likely N-dealkylation sites (tertiary alicyclic amines) is 1. The number of hydrogen-bond donors (Lipinski definition) is 1. The molecular formula is C22H24ClN3O4S. The van der Waals surface area contributed by atoms with Crippen molar-refractivity contribution >= 4 is 27.4 Å². The number of benzene rings is 2. The molecule has 1 unspecified atom stereocenters. The van der Waals surface area contributed by atoms with Gasteiger partial charge in [0, 0.05) is 25.2 Å². The summed E-state index contributed by atoms with van der Waals surface area (Å²) in [5.41, 5.74) is 1.31. The van der Waals surface area contributed by atoms with Gasteiger partial charge in [-0.15, -0.1) is 0 Å². The van der Waals surface area contributed by atoms with Gasteiger partial charge in [-0.2, -0.15) is 0 Å². The third-order valence-electron chi connectivity index (χ3n) is 5.49. The van der Waals surface area contributed by atoms with Gasteiger partial charge in [-0.25, -0.2) is 8.42 Å². The molecule has 31 heavy (non-hydrogen) atoms. The van der Waals surface area contributed by atoms with Crippen molar-refractivity contribution in [2.45, 2.75) is 36.8 Å². The van der Waals surface area contributed by atoms with Crippen LogP contribution in [0.15, 0.2) is 70.3 Å². The van der Waals surface area contributed by atoms with Crippen LogP contribution >= 0.6 is 11.6 Å². The van der Waals surface area contributed by atoms with Gasteiger partial charge in [-0.3, -0.25) is 9.62 Å². The highest BCUT2D eigenvalue weighted by Crippen LogP contribution is 2.31. The lowest BCUT2D eigenvalue weighted by Gasteiger charge is -2.36. The fourth-order valence-corrected chi connectivity index (χ4v) is 5.02. The van der Waals surface area contributed by atoms with Crippen LogP contribution in [0.25, 0.3) is 0 Å². The smallest absolute Gasteiger partial charge is 0.263 e. The van der Waals surface area contributed by atoms with Crippen LogP contribution in [0, 0.1) is 0 Å². The van der Waals surface area contributed by atoms with Crippen molar-refractivity contribution in [2.24, 2.45) is 0 Å². The molecule has 0 aliphatic carbocycles. The summed E-state index contributed by atoms with van der Waals surface area (Å²) >= 11 is 6.33. The quantitative estimate of drug-likeness (QED) is 0.547. The van der Waals surface area contributed by atoms with Crippen LogP contribution in [0.5, 0.6) is 5.75 Å². The monoisotopic (exact) mass is 461 g/mol. The van der Waals surface area contributed by atoms with Crippen LogP contribution in [0.3, 0.4) is 0 Å². The van der Waals surface area contributed by atoms with E-state index in [-0.39, 0.29) is 21.8 Å². The van der Waals surface area contributed by atoms with Crippen LogP contribution in [0.1, 0.15) is 31.4 Å². The lowest BCUT2D eigenvalue weighted by Crippen LogP contribution is -2.39. The van der Waals surface area contributed by atoms with E-state index >= 15 is 0 Å². The second-order valence-corrected chi connectivity index (χ2v) is 9.61. The average molecular weight is 462 g/mol. The second kappa shape index (κ2) is 9.30. The van der Waals surface area contributed by atoms with Crippen molar-refractivity contribution in [3.05, 3.63) is 71.4 Å². The minimum Gasteiger partial charge on any atom is -0.489 e. The number of rotatable bonds is 7. The number of aromatic nitrogens is 1. The number of piperidine rings is 1. The maximum absolute atomic E-state index is 12.5. The SMILES string of the molecule is CC(c1ccccc1)N1CCC(Oc2ccc(S(=O)(=O)Nc3ccon3)cc2Cl)CC1. The van der Waals surface area contributed by atoms with Gasteiger partial charge in [0.25, 0.3) is 10.0 Å². The highest BCUT2D eigenvalue weighted by atomic mass is 35.5. The van der Waals surface area contributed by atoms with E-state index in [9.17, 15) is 8.42 Å². The average Bonchev–Trinajstić information content (AvgIpc) is 3.28. The summed E-state index contributed by atoms with van der Waals surface area (Å²) < 4.78 is 38.0. The molecule has 1 aliphatic rings. The fourth-order valence-electron chi connectivity index (χ4n) is 3.71. The van der Waals surface area contributed by atoms with Crippen LogP contribution in [0.4, 0.5) is 5.82 Å². The number of ether oxygens (including phenoxy) is 1. The number of nitrogens with one attached hydrogen (secondary N) is 1. The molecular weight excluding hydrogens is 438 g/mol. The molecule has 0 amide bonds. The van der Waals surface area contributed by atoms with E-state index in [0.29, 0.717) is 11.8 Å². The van der Waals surface area contributed by atoms with Gasteiger partial charge in [-0.1, -0.05) is 47.1 Å². The summed E-state index contributed by atoms with van der Waals surface area (Å²) in [5.74, 6) is 0.588. The Balaban J connectivity index is 1.36. The molecule has 4 rings (SSSR count). The predicted molar refractivity (Wildman–Crippen MR) is 119 cm³/mol. The standard InChI is InChI=1S/C22H24ClN3O4S/c1-16(17-5-3-2-4-6-17)26-12-9-18(10-13-26)30-21-8-7-19(15-20(21)23)31(27,28)25-22-11-14-29-24-22/h2-8,11,14-16,18H,9-10,12-13H2,1H3,(H,24,25). The predicted octanol–water partition coefficient (Wildman–Crippen LogP) is 4.73. The van der Waals surface area contributed by atoms with Crippen LogP contribution < -0.4 is 9.46 Å². The van der Waals surface area contributed by atoms with Crippen LogP contribution in [0.2, 0.25) is 5.02 Å². The molecule has 0 bridgehead atoms. The molecule has 1 N–H and O–H groups in total. The lowest BCUT2D eigenvalue weighted by molar-refractivity contribution is 0.0797. The summed E-state index contributed by atoms with van der Waals surface area (Å²) in [4.78, 5) is 2.47. The summed E-state index contributed by atoms with van der Waals surface area (Å²) in [6.45, 7) is 4.07. The van der Waals surface area contributed by atoms with E-state index in [2.05, 4.69) is 50.5 Å². The Morgan fingerprint density at radius 2 is 1.90 bits per heavy atom. The zero-order chi connectivity index (χ0) is 21.8. The molecule has 0 radical (unpaired) electrons. The Bertz CT molecular complexity index is 1100. The maximum atomic E-state index is 12.5. The summed E-state index contributed by atoms with van der Waals surface area (Å²) in [6, 6.07) is 16.7. The maximum Gasteiger partial charge on any atom is 0.263 e. The van der Waals surface area contributed by atoms with Gasteiger partial charge >= 0.3 is 0 Å². The molecule has 3 aromatic rings. The minimum atomic E-state index is -3.82. The first-order chi connectivity index (χ1) is 14.9. The van der Waals surface area contributed by atoms with Crippen LogP contribution in [-0.2, 0) is 10.0 Å². The molecule has 0 spiro atoms. The molecule has 7 nitrogen and oxygen atoms in total. The molecule has 2 aromatic carbocycles. The lowest BCUT2D eigenvalue weighted by atomic mass is 10.0. The van der Waals surface area contributed by atoms with Crippen LogP contribution in [-0.4, -0.2) is 37.7 Å². The fraction of sp³-hybridized carbons (Fsp3) is 0.318. The minimum absolute atomic E-state index is 0.0272. The van der Waals surface area contributed by atoms with E-state index in [1.165, 1.54) is 30.0 Å². The Morgan fingerprint density at radius 1 is 1.16 bits per heavy atom. The van der Waals surface area contributed by atoms with Gasteiger partial charge in [0.05, 0.1) is 9.92 Å². The summed E-state index contributed by atoms with van der Waals surface area (Å²) in [5, 5.41) is 3.81. The van der Waals surface area contributed by atoms with Crippen molar-refractivity contribution in [3.63, 3.8) is 0 Å². The molecule has 1 fully saturated rings. The highest BCUT2D eigenvalue weighted by Gasteiger charge is 2.25. The van der Waals surface area contributed by atoms with Crippen molar-refractivity contribution in [1.82, 2.24) is 10.1 Å². The highest BCUT2D eigenvalue weighted by molar-refractivity contribution is 7.92. The van der Waals surface area contributed by atoms with Crippen molar-refractivity contribution in [1.29, 1.82) is 0 Å². The van der Waals surface area contributed by atoms with Gasteiger partial charge in [0.15, 0.2) is 5.82 Å². The molecule has 1 aliphatic heterocycles. The zero-order valence-corrected chi connectivity index (χ0v) is 18.6. The summed E-state index contributed by atoms with van der Waals surface area (Å²) in [7, 11) is -3.82. The summed E-state index contributed by atoms with van der Waals surface area (Å²) in [6.07, 6.45) is 3.07. The van der Waals surface area contributed by atoms with Crippen molar-refractivity contribution in [3.8, 4) is 5.75 Å². The van der Waals surface area contributed by atoms with Gasteiger partial charge in [0.1, 0.15) is 18.1 Å². The Hall–Kier alpha value is -2.55. The topological polar surface area (TPSA) is 84.7 Å². The van der Waals surface area contributed by atoms with E-state index in [1.807, 2.05) is 6.07 Å². The molecule has 1 atom stereocenters. The third-order valence-corrected chi connectivity index (χ3v) is 7.14. The van der Waals surface area contributed by atoms with E-state index in [1.54, 1.807) is 6.07 Å². The van der Waals surface area contributed by atoms with E-state index in [4.69, 9.17) is 16.3 Å². The second-order valence-electron chi connectivity index (χ2n) is 7.52. The first-order valence-corrected chi connectivity index (χ1v) is 12.0. The van der Waals surface area contributed by atoms with Gasteiger partial charge < -0.3 is 9.26 Å². The molecule has 1 aromatic heterocycles. The van der Waals surface area contributed by atoms with Crippen molar-refractivity contribution in [2.75, 3.05) is 17.8 Å².